The third-order valence-electron chi connectivity index (χ3n) is 3.56. The Hall–Kier alpha value is -1.67. The normalized spacial score (nSPS) is 17.8. The van der Waals surface area contributed by atoms with Crippen LogP contribution in [0.5, 0.6) is 5.75 Å². The van der Waals surface area contributed by atoms with Gasteiger partial charge in [0.2, 0.25) is 0 Å². The highest BCUT2D eigenvalue weighted by molar-refractivity contribution is 6.30. The summed E-state index contributed by atoms with van der Waals surface area (Å²) in [7, 11) is 0. The summed E-state index contributed by atoms with van der Waals surface area (Å²) in [6.07, 6.45) is 3.40. The maximum absolute atomic E-state index is 6.08. The number of benzene rings is 2. The zero-order valence-corrected chi connectivity index (χ0v) is 11.4. The number of ether oxygens (including phenoxy) is 1. The predicted molar refractivity (Wildman–Crippen MR) is 78.6 cm³/mol. The van der Waals surface area contributed by atoms with E-state index in [1.54, 1.807) is 6.07 Å². The molecule has 1 unspecified atom stereocenters. The van der Waals surface area contributed by atoms with Crippen molar-refractivity contribution in [1.82, 2.24) is 0 Å². The molecule has 0 amide bonds. The van der Waals surface area contributed by atoms with Crippen LogP contribution in [0.3, 0.4) is 0 Å². The zero-order chi connectivity index (χ0) is 13.2. The molecule has 98 valence electrons. The summed E-state index contributed by atoms with van der Waals surface area (Å²) in [5.41, 5.74) is 9.20. The summed E-state index contributed by atoms with van der Waals surface area (Å²) < 4.78 is 6.08. The summed E-state index contributed by atoms with van der Waals surface area (Å²) in [4.78, 5) is 0. The number of rotatable bonds is 2. The van der Waals surface area contributed by atoms with E-state index in [4.69, 9.17) is 22.1 Å². The fourth-order valence-electron chi connectivity index (χ4n) is 2.61. The minimum absolute atomic E-state index is 0.0911. The van der Waals surface area contributed by atoms with E-state index < -0.39 is 0 Å². The zero-order valence-electron chi connectivity index (χ0n) is 10.6. The van der Waals surface area contributed by atoms with Gasteiger partial charge in [0.1, 0.15) is 11.9 Å². The highest BCUT2D eigenvalue weighted by Gasteiger charge is 2.21. The van der Waals surface area contributed by atoms with Gasteiger partial charge in [-0.05, 0) is 48.6 Å². The fourth-order valence-corrected chi connectivity index (χ4v) is 2.79. The van der Waals surface area contributed by atoms with Gasteiger partial charge in [0.15, 0.2) is 0 Å². The third-order valence-corrected chi connectivity index (χ3v) is 3.79. The molecule has 0 fully saturated rings. The number of hydrogen-bond acceptors (Lipinski definition) is 2. The molecule has 0 heterocycles. The smallest absolute Gasteiger partial charge is 0.143 e. The summed E-state index contributed by atoms with van der Waals surface area (Å²) in [5, 5.41) is 0.633. The van der Waals surface area contributed by atoms with Crippen LogP contribution < -0.4 is 10.5 Å². The summed E-state index contributed by atoms with van der Waals surface area (Å²) >= 11 is 5.91. The molecule has 2 aromatic carbocycles. The summed E-state index contributed by atoms with van der Waals surface area (Å²) in [5.74, 6) is 0.714. The van der Waals surface area contributed by atoms with Crippen molar-refractivity contribution >= 4 is 17.3 Å². The van der Waals surface area contributed by atoms with Crippen LogP contribution >= 0.6 is 11.6 Å². The summed E-state index contributed by atoms with van der Waals surface area (Å²) in [6, 6.07) is 13.8. The van der Waals surface area contributed by atoms with Gasteiger partial charge in [-0.3, -0.25) is 0 Å². The molecule has 0 saturated carbocycles. The molecule has 2 N–H and O–H groups in total. The minimum Gasteiger partial charge on any atom is -0.484 e. The first-order valence-corrected chi connectivity index (χ1v) is 6.91. The van der Waals surface area contributed by atoms with Crippen LogP contribution in [-0.4, -0.2) is 0 Å². The van der Waals surface area contributed by atoms with E-state index in [1.807, 2.05) is 12.1 Å². The van der Waals surface area contributed by atoms with E-state index in [-0.39, 0.29) is 6.10 Å². The molecule has 0 radical (unpaired) electrons. The Morgan fingerprint density at radius 1 is 1.16 bits per heavy atom. The maximum atomic E-state index is 6.08. The number of nitrogen functional groups attached to an aromatic ring is 1. The Balaban J connectivity index is 1.88. The first-order valence-electron chi connectivity index (χ1n) is 6.53. The average Bonchev–Trinajstić information content (AvgIpc) is 2.42. The fraction of sp³-hybridized carbons (Fsp3) is 0.250. The largest absolute Gasteiger partial charge is 0.484 e. The Bertz CT molecular complexity index is 597. The molecule has 0 aromatic heterocycles. The third kappa shape index (κ3) is 2.54. The Labute approximate surface area is 118 Å². The van der Waals surface area contributed by atoms with Crippen molar-refractivity contribution in [1.29, 1.82) is 0 Å². The van der Waals surface area contributed by atoms with Crippen molar-refractivity contribution in [2.24, 2.45) is 0 Å². The molecule has 3 heteroatoms. The number of nitrogens with two attached hydrogens (primary N) is 1. The Morgan fingerprint density at radius 3 is 2.84 bits per heavy atom. The van der Waals surface area contributed by atoms with Gasteiger partial charge < -0.3 is 10.5 Å². The summed E-state index contributed by atoms with van der Waals surface area (Å²) in [6.45, 7) is 0. The second-order valence-electron chi connectivity index (χ2n) is 4.88. The van der Waals surface area contributed by atoms with E-state index in [0.717, 1.165) is 19.3 Å². The molecule has 1 aliphatic rings. The van der Waals surface area contributed by atoms with Gasteiger partial charge in [0.25, 0.3) is 0 Å². The number of anilines is 1. The lowest BCUT2D eigenvalue weighted by atomic mass is 9.89. The van der Waals surface area contributed by atoms with Crippen molar-refractivity contribution in [2.75, 3.05) is 5.73 Å². The first kappa shape index (κ1) is 12.4. The molecule has 2 nitrogen and oxygen atoms in total. The van der Waals surface area contributed by atoms with Crippen LogP contribution in [0.15, 0.2) is 42.5 Å². The molecule has 0 spiro atoms. The second-order valence-corrected chi connectivity index (χ2v) is 5.32. The highest BCUT2D eigenvalue weighted by Crippen LogP contribution is 2.36. The first-order chi connectivity index (χ1) is 9.24. The predicted octanol–water partition coefficient (Wildman–Crippen LogP) is 4.38. The Morgan fingerprint density at radius 2 is 2.00 bits per heavy atom. The SMILES string of the molecule is Nc1cc(Cl)ccc1OC1CCCc2ccccc21. The van der Waals surface area contributed by atoms with Gasteiger partial charge in [-0.2, -0.15) is 0 Å². The topological polar surface area (TPSA) is 35.2 Å². The maximum Gasteiger partial charge on any atom is 0.143 e. The number of hydrogen-bond donors (Lipinski definition) is 1. The average molecular weight is 274 g/mol. The molecule has 19 heavy (non-hydrogen) atoms. The lowest BCUT2D eigenvalue weighted by Gasteiger charge is -2.26. The van der Waals surface area contributed by atoms with Crippen LogP contribution in [-0.2, 0) is 6.42 Å². The van der Waals surface area contributed by atoms with E-state index in [9.17, 15) is 0 Å². The van der Waals surface area contributed by atoms with Gasteiger partial charge in [0, 0.05) is 5.02 Å². The van der Waals surface area contributed by atoms with Crippen LogP contribution in [0.2, 0.25) is 5.02 Å². The Kier molecular flexibility index (Phi) is 3.34. The van der Waals surface area contributed by atoms with Gasteiger partial charge in [-0.15, -0.1) is 0 Å². The highest BCUT2D eigenvalue weighted by atomic mass is 35.5. The minimum atomic E-state index is 0.0911. The van der Waals surface area contributed by atoms with Crippen molar-refractivity contribution in [2.45, 2.75) is 25.4 Å². The monoisotopic (exact) mass is 273 g/mol. The van der Waals surface area contributed by atoms with E-state index in [1.165, 1.54) is 11.1 Å². The lowest BCUT2D eigenvalue weighted by molar-refractivity contribution is 0.184. The number of aryl methyl sites for hydroxylation is 1. The van der Waals surface area contributed by atoms with Gasteiger partial charge in [-0.25, -0.2) is 0 Å². The molecule has 0 aliphatic heterocycles. The van der Waals surface area contributed by atoms with E-state index in [2.05, 4.69) is 24.3 Å². The van der Waals surface area contributed by atoms with Crippen LogP contribution in [0, 0.1) is 0 Å². The van der Waals surface area contributed by atoms with Crippen molar-refractivity contribution < 1.29 is 4.74 Å². The van der Waals surface area contributed by atoms with Crippen molar-refractivity contribution in [3.8, 4) is 5.75 Å². The standard InChI is InChI=1S/C16H16ClNO/c17-12-8-9-16(14(18)10-12)19-15-7-3-5-11-4-1-2-6-13(11)15/h1-2,4,6,8-10,15H,3,5,7,18H2. The lowest BCUT2D eigenvalue weighted by Crippen LogP contribution is -2.15. The van der Waals surface area contributed by atoms with E-state index >= 15 is 0 Å². The molecule has 0 saturated heterocycles. The van der Waals surface area contributed by atoms with Gasteiger partial charge >= 0.3 is 0 Å². The molecule has 1 atom stereocenters. The van der Waals surface area contributed by atoms with Gasteiger partial charge in [0.05, 0.1) is 5.69 Å². The molecule has 1 aliphatic carbocycles. The number of halogens is 1. The molecular weight excluding hydrogens is 258 g/mol. The molecule has 2 aromatic rings. The van der Waals surface area contributed by atoms with Gasteiger partial charge in [-0.1, -0.05) is 35.9 Å². The van der Waals surface area contributed by atoms with Crippen LogP contribution in [0.4, 0.5) is 5.69 Å². The second kappa shape index (κ2) is 5.14. The van der Waals surface area contributed by atoms with Crippen LogP contribution in [0.1, 0.15) is 30.1 Å². The molecule has 3 rings (SSSR count). The molecule has 0 bridgehead atoms. The van der Waals surface area contributed by atoms with Crippen LogP contribution in [0.25, 0.3) is 0 Å². The van der Waals surface area contributed by atoms with Crippen molar-refractivity contribution in [3.63, 3.8) is 0 Å². The number of fused-ring (bicyclic) bond motifs is 1. The van der Waals surface area contributed by atoms with E-state index in [0.29, 0.717) is 16.5 Å². The quantitative estimate of drug-likeness (QED) is 0.824. The van der Waals surface area contributed by atoms with Crippen molar-refractivity contribution in [3.05, 3.63) is 58.6 Å². The molecular formula is C16H16ClNO.